The number of nitrogens with zero attached hydrogens (tertiary/aromatic N) is 3. The number of amides is 1. The minimum absolute atomic E-state index is 0.112. The van der Waals surface area contributed by atoms with E-state index in [1.165, 1.54) is 4.52 Å². The second kappa shape index (κ2) is 6.36. The molecule has 1 aliphatic carbocycles. The van der Waals surface area contributed by atoms with Crippen LogP contribution in [0.5, 0.6) is 0 Å². The van der Waals surface area contributed by atoms with Crippen LogP contribution < -0.4 is 10.9 Å². The molecule has 1 unspecified atom stereocenters. The molecule has 3 rings (SSSR count). The van der Waals surface area contributed by atoms with Crippen molar-refractivity contribution in [2.45, 2.75) is 46.0 Å². The maximum atomic E-state index is 12.4. The second-order valence-corrected chi connectivity index (χ2v) is 5.96. The van der Waals surface area contributed by atoms with Gasteiger partial charge < -0.3 is 0 Å². The normalized spacial score (nSPS) is 17.0. The Bertz CT molecular complexity index is 818. The van der Waals surface area contributed by atoms with E-state index in [4.69, 9.17) is 0 Å². The van der Waals surface area contributed by atoms with E-state index in [9.17, 15) is 9.59 Å². The summed E-state index contributed by atoms with van der Waals surface area (Å²) in [7, 11) is 0. The zero-order chi connectivity index (χ0) is 16.4. The van der Waals surface area contributed by atoms with Crippen molar-refractivity contribution >= 4 is 17.6 Å². The standard InChI is InChI=1S/C16H21N5O2/c1-3-6-12-10(2)17-16-19-15(20-21(16)14(12)23)18-13(22)9-11-7-4-5-8-11/h4,7,11H,3,5-6,8-9H2,1-2H3,(H2,17,18,19,20,22). The van der Waals surface area contributed by atoms with Crippen molar-refractivity contribution in [1.82, 2.24) is 19.6 Å². The molecule has 2 aromatic rings. The van der Waals surface area contributed by atoms with Crippen molar-refractivity contribution in [3.8, 4) is 0 Å². The summed E-state index contributed by atoms with van der Waals surface area (Å²) < 4.78 is 1.29. The minimum atomic E-state index is -0.152. The van der Waals surface area contributed by atoms with Gasteiger partial charge in [-0.25, -0.2) is 4.98 Å². The van der Waals surface area contributed by atoms with Crippen LogP contribution in [0.2, 0.25) is 0 Å². The Balaban J connectivity index is 1.82. The van der Waals surface area contributed by atoms with Crippen molar-refractivity contribution in [1.29, 1.82) is 0 Å². The predicted octanol–water partition coefficient (Wildman–Crippen LogP) is 1.97. The van der Waals surface area contributed by atoms with E-state index >= 15 is 0 Å². The fourth-order valence-electron chi connectivity index (χ4n) is 2.93. The average molecular weight is 315 g/mol. The number of rotatable bonds is 5. The van der Waals surface area contributed by atoms with Gasteiger partial charge in [0.05, 0.1) is 5.69 Å². The molecule has 7 heteroatoms. The van der Waals surface area contributed by atoms with Gasteiger partial charge in [-0.05, 0) is 32.1 Å². The van der Waals surface area contributed by atoms with E-state index in [1.807, 2.05) is 13.8 Å². The summed E-state index contributed by atoms with van der Waals surface area (Å²) in [6, 6.07) is 0. The van der Waals surface area contributed by atoms with Crippen LogP contribution in [0.1, 0.15) is 43.9 Å². The van der Waals surface area contributed by atoms with Crippen molar-refractivity contribution in [2.75, 3.05) is 5.32 Å². The number of aryl methyl sites for hydroxylation is 1. The molecule has 7 nitrogen and oxygen atoms in total. The van der Waals surface area contributed by atoms with Gasteiger partial charge in [0.2, 0.25) is 11.9 Å². The van der Waals surface area contributed by atoms with Gasteiger partial charge in [0.15, 0.2) is 0 Å². The Morgan fingerprint density at radius 2 is 2.30 bits per heavy atom. The molecule has 122 valence electrons. The summed E-state index contributed by atoms with van der Waals surface area (Å²) in [5.41, 5.74) is 1.22. The third-order valence-corrected chi connectivity index (χ3v) is 4.11. The zero-order valence-corrected chi connectivity index (χ0v) is 13.4. The SMILES string of the molecule is CCCc1c(C)nc2nc(NC(=O)CC3C=CCC3)[nH]n2c1=O. The van der Waals surface area contributed by atoms with Gasteiger partial charge in [-0.2, -0.15) is 9.50 Å². The Morgan fingerprint density at radius 3 is 3.00 bits per heavy atom. The van der Waals surface area contributed by atoms with Crippen LogP contribution in [0.25, 0.3) is 5.78 Å². The topological polar surface area (TPSA) is 92.2 Å². The van der Waals surface area contributed by atoms with E-state index in [1.54, 1.807) is 0 Å². The number of allylic oxidation sites excluding steroid dienone is 2. The van der Waals surface area contributed by atoms with E-state index in [0.717, 1.165) is 19.3 Å². The highest BCUT2D eigenvalue weighted by Gasteiger charge is 2.17. The van der Waals surface area contributed by atoms with Crippen LogP contribution >= 0.6 is 0 Å². The molecule has 0 bridgehead atoms. The maximum absolute atomic E-state index is 12.4. The van der Waals surface area contributed by atoms with E-state index in [2.05, 4.69) is 32.5 Å². The van der Waals surface area contributed by atoms with E-state index in [0.29, 0.717) is 30.0 Å². The molecule has 0 saturated heterocycles. The maximum Gasteiger partial charge on any atom is 0.277 e. The molecule has 0 radical (unpaired) electrons. The van der Waals surface area contributed by atoms with Gasteiger partial charge in [0, 0.05) is 12.0 Å². The molecule has 0 fully saturated rings. The Morgan fingerprint density at radius 1 is 1.48 bits per heavy atom. The summed E-state index contributed by atoms with van der Waals surface area (Å²) in [5.74, 6) is 0.718. The van der Waals surface area contributed by atoms with Crippen molar-refractivity contribution in [3.63, 3.8) is 0 Å². The van der Waals surface area contributed by atoms with Crippen molar-refractivity contribution in [2.24, 2.45) is 5.92 Å². The summed E-state index contributed by atoms with van der Waals surface area (Å²) in [4.78, 5) is 33.0. The molecular formula is C16H21N5O2. The van der Waals surface area contributed by atoms with Crippen LogP contribution in [0.3, 0.4) is 0 Å². The highest BCUT2D eigenvalue weighted by molar-refractivity contribution is 5.89. The zero-order valence-electron chi connectivity index (χ0n) is 13.4. The number of carbonyl (C=O) groups excluding carboxylic acids is 1. The summed E-state index contributed by atoms with van der Waals surface area (Å²) in [5, 5.41) is 5.54. The number of aromatic nitrogens is 4. The van der Waals surface area contributed by atoms with Gasteiger partial charge in [-0.1, -0.05) is 25.5 Å². The molecule has 1 atom stereocenters. The fraction of sp³-hybridized carbons (Fsp3) is 0.500. The number of fused-ring (bicyclic) bond motifs is 1. The van der Waals surface area contributed by atoms with Gasteiger partial charge >= 0.3 is 0 Å². The summed E-state index contributed by atoms with van der Waals surface area (Å²) in [6.07, 6.45) is 8.18. The highest BCUT2D eigenvalue weighted by Crippen LogP contribution is 2.20. The molecule has 1 aliphatic rings. The quantitative estimate of drug-likeness (QED) is 0.825. The second-order valence-electron chi connectivity index (χ2n) is 5.96. The fourth-order valence-corrected chi connectivity index (χ4v) is 2.93. The molecule has 2 N–H and O–H groups in total. The minimum Gasteiger partial charge on any atom is -0.295 e. The van der Waals surface area contributed by atoms with Gasteiger partial charge in [-0.15, -0.1) is 0 Å². The van der Waals surface area contributed by atoms with Crippen molar-refractivity contribution in [3.05, 3.63) is 33.8 Å². The first-order valence-electron chi connectivity index (χ1n) is 8.03. The van der Waals surface area contributed by atoms with Crippen LogP contribution in [0, 0.1) is 12.8 Å². The van der Waals surface area contributed by atoms with Crippen molar-refractivity contribution < 1.29 is 4.79 Å². The van der Waals surface area contributed by atoms with Crippen LogP contribution in [-0.4, -0.2) is 25.5 Å². The first-order chi connectivity index (χ1) is 11.1. The third kappa shape index (κ3) is 3.18. The molecule has 0 aliphatic heterocycles. The van der Waals surface area contributed by atoms with Gasteiger partial charge in [0.1, 0.15) is 0 Å². The van der Waals surface area contributed by atoms with Gasteiger partial charge in [-0.3, -0.25) is 20.0 Å². The van der Waals surface area contributed by atoms with Crippen LogP contribution in [-0.2, 0) is 11.2 Å². The molecular weight excluding hydrogens is 294 g/mol. The molecule has 2 heterocycles. The molecule has 0 aromatic carbocycles. The molecule has 1 amide bonds. The highest BCUT2D eigenvalue weighted by atomic mass is 16.2. The first kappa shape index (κ1) is 15.5. The van der Waals surface area contributed by atoms with Crippen LogP contribution in [0.4, 0.5) is 5.95 Å². The molecule has 2 aromatic heterocycles. The Kier molecular flexibility index (Phi) is 4.27. The van der Waals surface area contributed by atoms with Gasteiger partial charge in [0.25, 0.3) is 11.3 Å². The smallest absolute Gasteiger partial charge is 0.277 e. The number of nitrogens with one attached hydrogen (secondary N) is 2. The van der Waals surface area contributed by atoms with E-state index in [-0.39, 0.29) is 23.2 Å². The van der Waals surface area contributed by atoms with Crippen LogP contribution in [0.15, 0.2) is 16.9 Å². The number of H-pyrrole nitrogens is 1. The average Bonchev–Trinajstić information content (AvgIpc) is 3.13. The number of anilines is 1. The summed E-state index contributed by atoms with van der Waals surface area (Å²) in [6.45, 7) is 3.83. The molecule has 0 spiro atoms. The largest absolute Gasteiger partial charge is 0.295 e. The molecule has 23 heavy (non-hydrogen) atoms. The lowest BCUT2D eigenvalue weighted by molar-refractivity contribution is -0.116. The predicted molar refractivity (Wildman–Crippen MR) is 87.5 cm³/mol. The number of hydrogen-bond acceptors (Lipinski definition) is 4. The lowest BCUT2D eigenvalue weighted by Crippen LogP contribution is -2.22. The summed E-state index contributed by atoms with van der Waals surface area (Å²) >= 11 is 0. The number of hydrogen-bond donors (Lipinski definition) is 2. The molecule has 0 saturated carbocycles. The van der Waals surface area contributed by atoms with E-state index < -0.39 is 0 Å². The monoisotopic (exact) mass is 315 g/mol. The number of aromatic amines is 1. The number of carbonyl (C=O) groups is 1. The first-order valence-corrected chi connectivity index (χ1v) is 8.03. The Labute approximate surface area is 133 Å². The third-order valence-electron chi connectivity index (χ3n) is 4.11. The Hall–Kier alpha value is -2.44. The lowest BCUT2D eigenvalue weighted by Gasteiger charge is -2.06. The lowest BCUT2D eigenvalue weighted by atomic mass is 10.1.